The Hall–Kier alpha value is -2.64. The molecule has 0 bridgehead atoms. The number of carbonyl (C=O) groups excluding carboxylic acids is 1. The maximum Gasteiger partial charge on any atom is 0.317 e. The van der Waals surface area contributed by atoms with Gasteiger partial charge in [0, 0.05) is 32.0 Å². The Bertz CT molecular complexity index is 778. The molecule has 1 saturated heterocycles. The van der Waals surface area contributed by atoms with Gasteiger partial charge in [-0.25, -0.2) is 9.18 Å². The topological polar surface area (TPSA) is 72.0 Å². The van der Waals surface area contributed by atoms with Crippen molar-refractivity contribution in [3.8, 4) is 5.75 Å². The van der Waals surface area contributed by atoms with Crippen molar-refractivity contribution in [2.75, 3.05) is 26.2 Å². The molecule has 176 valence electrons. The molecule has 2 amide bonds. The molecule has 1 fully saturated rings. The lowest BCUT2D eigenvalue weighted by atomic mass is 10.0. The molecule has 6 nitrogen and oxygen atoms in total. The van der Waals surface area contributed by atoms with Gasteiger partial charge in [0.1, 0.15) is 11.6 Å². The van der Waals surface area contributed by atoms with Crippen molar-refractivity contribution in [2.24, 2.45) is 11.8 Å². The SMILES string of the molecule is CC(C)COc1ccccc1.CCNC(=O)N(Cc1ccc(F)cc1)C1CC[NH+](N)CC1. The van der Waals surface area contributed by atoms with Crippen LogP contribution in [-0.4, -0.2) is 43.2 Å². The Labute approximate surface area is 191 Å². The summed E-state index contributed by atoms with van der Waals surface area (Å²) in [6.45, 7) is 9.81. The minimum absolute atomic E-state index is 0.0627. The Morgan fingerprint density at radius 1 is 1.16 bits per heavy atom. The number of nitrogens with two attached hydrogens (primary N) is 1. The van der Waals surface area contributed by atoms with Crippen molar-refractivity contribution in [3.63, 3.8) is 0 Å². The molecule has 1 aliphatic rings. The van der Waals surface area contributed by atoms with Crippen LogP contribution in [0.3, 0.4) is 0 Å². The zero-order chi connectivity index (χ0) is 23.3. The number of quaternary nitrogens is 1. The largest absolute Gasteiger partial charge is 0.493 e. The van der Waals surface area contributed by atoms with Gasteiger partial charge in [-0.3, -0.25) is 5.01 Å². The smallest absolute Gasteiger partial charge is 0.317 e. The number of urea groups is 1. The Morgan fingerprint density at radius 3 is 2.34 bits per heavy atom. The van der Waals surface area contributed by atoms with Crippen LogP contribution in [-0.2, 0) is 6.54 Å². The third-order valence-corrected chi connectivity index (χ3v) is 5.22. The van der Waals surface area contributed by atoms with E-state index in [0.717, 1.165) is 48.9 Å². The molecule has 0 radical (unpaired) electrons. The second-order valence-corrected chi connectivity index (χ2v) is 8.50. The summed E-state index contributed by atoms with van der Waals surface area (Å²) in [6, 6.07) is 16.3. The van der Waals surface area contributed by atoms with Crippen LogP contribution < -0.4 is 20.9 Å². The first kappa shape index (κ1) is 25.6. The predicted octanol–water partition coefficient (Wildman–Crippen LogP) is 3.00. The number of rotatable bonds is 7. The molecule has 4 N–H and O–H groups in total. The molecule has 2 aromatic carbocycles. The van der Waals surface area contributed by atoms with Gasteiger partial charge in [-0.15, -0.1) is 0 Å². The van der Waals surface area contributed by atoms with E-state index >= 15 is 0 Å². The van der Waals surface area contributed by atoms with Crippen LogP contribution in [0.2, 0.25) is 0 Å². The third kappa shape index (κ3) is 9.24. The second-order valence-electron chi connectivity index (χ2n) is 8.50. The molecule has 1 heterocycles. The molecule has 7 heteroatoms. The molecule has 0 saturated carbocycles. The highest BCUT2D eigenvalue weighted by Crippen LogP contribution is 2.15. The highest BCUT2D eigenvalue weighted by molar-refractivity contribution is 5.74. The van der Waals surface area contributed by atoms with E-state index in [4.69, 9.17) is 10.6 Å². The van der Waals surface area contributed by atoms with Gasteiger partial charge in [-0.05, 0) is 42.7 Å². The van der Waals surface area contributed by atoms with Crippen molar-refractivity contribution in [3.05, 3.63) is 66.0 Å². The summed E-state index contributed by atoms with van der Waals surface area (Å²) < 4.78 is 18.5. The fourth-order valence-corrected chi connectivity index (χ4v) is 3.47. The van der Waals surface area contributed by atoms with Crippen molar-refractivity contribution in [1.29, 1.82) is 0 Å². The standard InChI is InChI=1S/C15H23FN4O.C10H14O/c1-2-18-15(21)20(14-7-9-19(17)10-8-14)11-12-3-5-13(16)6-4-12;1-9(2)8-11-10-6-4-3-5-7-10/h3-6,14H,2,7-11,17H2,1H3,(H,18,21);3-7,9H,8H2,1-2H3/p+1. The first-order valence-corrected chi connectivity index (χ1v) is 11.5. The van der Waals surface area contributed by atoms with E-state index in [0.29, 0.717) is 19.0 Å². The molecule has 1 aliphatic heterocycles. The number of nitrogens with one attached hydrogen (secondary N) is 2. The van der Waals surface area contributed by atoms with Gasteiger partial charge in [0.05, 0.1) is 19.7 Å². The predicted molar refractivity (Wildman–Crippen MR) is 126 cm³/mol. The van der Waals surface area contributed by atoms with Crippen LogP contribution >= 0.6 is 0 Å². The maximum absolute atomic E-state index is 13.0. The number of ether oxygens (including phenoxy) is 1. The van der Waals surface area contributed by atoms with Gasteiger partial charge in [-0.2, -0.15) is 5.84 Å². The second kappa shape index (κ2) is 13.7. The number of benzene rings is 2. The highest BCUT2D eigenvalue weighted by atomic mass is 19.1. The van der Waals surface area contributed by atoms with Crippen LogP contribution in [0, 0.1) is 11.7 Å². The number of piperidine rings is 1. The van der Waals surface area contributed by atoms with Crippen LogP contribution in [0.4, 0.5) is 9.18 Å². The molecule has 32 heavy (non-hydrogen) atoms. The molecular formula is C25H38FN4O2+. The third-order valence-electron chi connectivity index (χ3n) is 5.22. The Morgan fingerprint density at radius 2 is 1.78 bits per heavy atom. The minimum Gasteiger partial charge on any atom is -0.493 e. The number of nitrogens with zero attached hydrogens (tertiary/aromatic N) is 1. The number of hydrogen-bond acceptors (Lipinski definition) is 3. The zero-order valence-electron chi connectivity index (χ0n) is 19.5. The van der Waals surface area contributed by atoms with Crippen molar-refractivity contribution < 1.29 is 18.9 Å². The molecule has 0 spiro atoms. The van der Waals surface area contributed by atoms with E-state index < -0.39 is 0 Å². The summed E-state index contributed by atoms with van der Waals surface area (Å²) in [7, 11) is 0. The van der Waals surface area contributed by atoms with Crippen molar-refractivity contribution in [1.82, 2.24) is 10.2 Å². The van der Waals surface area contributed by atoms with E-state index in [1.54, 1.807) is 12.1 Å². The van der Waals surface area contributed by atoms with Gasteiger partial charge in [-0.1, -0.05) is 44.2 Å². The first-order valence-electron chi connectivity index (χ1n) is 11.5. The first-order chi connectivity index (χ1) is 15.4. The van der Waals surface area contributed by atoms with Crippen LogP contribution in [0.1, 0.15) is 39.2 Å². The summed E-state index contributed by atoms with van der Waals surface area (Å²) >= 11 is 0. The highest BCUT2D eigenvalue weighted by Gasteiger charge is 2.28. The quantitative estimate of drug-likeness (QED) is 0.574. The number of amides is 2. The summed E-state index contributed by atoms with van der Waals surface area (Å²) in [5, 5.41) is 3.88. The van der Waals surface area contributed by atoms with Gasteiger partial charge in [0.2, 0.25) is 0 Å². The van der Waals surface area contributed by atoms with E-state index in [9.17, 15) is 9.18 Å². The van der Waals surface area contributed by atoms with Gasteiger partial charge in [0.25, 0.3) is 0 Å². The summed E-state index contributed by atoms with van der Waals surface area (Å²) in [5.41, 5.74) is 0.935. The summed E-state index contributed by atoms with van der Waals surface area (Å²) in [4.78, 5) is 14.1. The van der Waals surface area contributed by atoms with E-state index in [1.165, 1.54) is 12.1 Å². The molecule has 0 aromatic heterocycles. The van der Waals surface area contributed by atoms with Crippen LogP contribution in [0.15, 0.2) is 54.6 Å². The Kier molecular flexibility index (Phi) is 11.0. The van der Waals surface area contributed by atoms with Crippen molar-refractivity contribution in [2.45, 2.75) is 46.2 Å². The fourth-order valence-electron chi connectivity index (χ4n) is 3.47. The van der Waals surface area contributed by atoms with Gasteiger partial charge < -0.3 is 15.0 Å². The monoisotopic (exact) mass is 445 g/mol. The summed E-state index contributed by atoms with van der Waals surface area (Å²) in [5.74, 6) is 7.15. The maximum atomic E-state index is 13.0. The lowest BCUT2D eigenvalue weighted by molar-refractivity contribution is -0.917. The molecule has 0 atom stereocenters. The van der Waals surface area contributed by atoms with Gasteiger partial charge in [0.15, 0.2) is 0 Å². The average molecular weight is 446 g/mol. The number of para-hydroxylation sites is 1. The Balaban J connectivity index is 0.000000278. The lowest BCUT2D eigenvalue weighted by Gasteiger charge is -2.35. The molecule has 0 unspecified atom stereocenters. The molecule has 0 aliphatic carbocycles. The van der Waals surface area contributed by atoms with E-state index in [1.807, 2.05) is 42.2 Å². The zero-order valence-corrected chi connectivity index (χ0v) is 19.5. The number of halogens is 1. The lowest BCUT2D eigenvalue weighted by Crippen LogP contribution is -3.18. The van der Waals surface area contributed by atoms with Gasteiger partial charge >= 0.3 is 6.03 Å². The van der Waals surface area contributed by atoms with E-state index in [2.05, 4.69) is 19.2 Å². The fraction of sp³-hybridized carbons (Fsp3) is 0.480. The van der Waals surface area contributed by atoms with Crippen molar-refractivity contribution >= 4 is 6.03 Å². The normalized spacial score (nSPS) is 17.8. The molecular weight excluding hydrogens is 407 g/mol. The molecule has 2 aromatic rings. The summed E-state index contributed by atoms with van der Waals surface area (Å²) in [6.07, 6.45) is 1.79. The average Bonchev–Trinajstić information content (AvgIpc) is 2.79. The number of hydrogen-bond donors (Lipinski definition) is 3. The van der Waals surface area contributed by atoms with Crippen LogP contribution in [0.5, 0.6) is 5.75 Å². The van der Waals surface area contributed by atoms with E-state index in [-0.39, 0.29) is 17.9 Å². The minimum atomic E-state index is -0.261. The number of carbonyl (C=O) groups is 1. The van der Waals surface area contributed by atoms with Crippen LogP contribution in [0.25, 0.3) is 0 Å². The molecule has 3 rings (SSSR count).